The largest absolute Gasteiger partial charge is 0.481 e. The van der Waals surface area contributed by atoms with Crippen LogP contribution >= 0.6 is 0 Å². The molecule has 0 radical (unpaired) electrons. The Morgan fingerprint density at radius 2 is 1.95 bits per heavy atom. The lowest BCUT2D eigenvalue weighted by Crippen LogP contribution is -2.58. The van der Waals surface area contributed by atoms with Crippen LogP contribution in [0.15, 0.2) is 30.3 Å². The summed E-state index contributed by atoms with van der Waals surface area (Å²) in [7, 11) is 0. The Bertz CT molecular complexity index is 457. The first-order valence-corrected chi connectivity index (χ1v) is 7.45. The standard InChI is InChI=1S/C16H22N2O2/c19-16(20)14-10-18(11-14)15-7-4-8-17(12-15)9-13-5-2-1-3-6-13/h1-3,5-6,14-15H,4,7-12H2,(H,19,20). The van der Waals surface area contributed by atoms with Gasteiger partial charge in [-0.1, -0.05) is 30.3 Å². The maximum Gasteiger partial charge on any atom is 0.309 e. The van der Waals surface area contributed by atoms with Crippen molar-refractivity contribution in [3.05, 3.63) is 35.9 Å². The average Bonchev–Trinajstić information content (AvgIpc) is 2.38. The zero-order valence-corrected chi connectivity index (χ0v) is 11.7. The number of hydrogen-bond acceptors (Lipinski definition) is 3. The van der Waals surface area contributed by atoms with Gasteiger partial charge in [0.15, 0.2) is 0 Å². The Hall–Kier alpha value is -1.39. The van der Waals surface area contributed by atoms with Crippen LogP contribution in [0.1, 0.15) is 18.4 Å². The van der Waals surface area contributed by atoms with Gasteiger partial charge in [0, 0.05) is 32.2 Å². The van der Waals surface area contributed by atoms with Gasteiger partial charge in [0.25, 0.3) is 0 Å². The number of benzene rings is 1. The van der Waals surface area contributed by atoms with Gasteiger partial charge >= 0.3 is 5.97 Å². The minimum atomic E-state index is -0.641. The fourth-order valence-corrected chi connectivity index (χ4v) is 3.28. The van der Waals surface area contributed by atoms with Gasteiger partial charge in [0.1, 0.15) is 0 Å². The first kappa shape index (κ1) is 13.6. The summed E-state index contributed by atoms with van der Waals surface area (Å²) < 4.78 is 0. The second-order valence-corrected chi connectivity index (χ2v) is 6.01. The van der Waals surface area contributed by atoms with Crippen molar-refractivity contribution in [2.24, 2.45) is 5.92 Å². The summed E-state index contributed by atoms with van der Waals surface area (Å²) in [5, 5.41) is 8.96. The van der Waals surface area contributed by atoms with E-state index in [1.165, 1.54) is 18.4 Å². The van der Waals surface area contributed by atoms with Gasteiger partial charge in [-0.05, 0) is 24.9 Å². The molecule has 3 rings (SSSR count). The highest BCUT2D eigenvalue weighted by Crippen LogP contribution is 2.25. The van der Waals surface area contributed by atoms with Crippen molar-refractivity contribution < 1.29 is 9.90 Å². The van der Waals surface area contributed by atoms with Crippen molar-refractivity contribution in [1.82, 2.24) is 9.80 Å². The highest BCUT2D eigenvalue weighted by Gasteiger charge is 2.37. The molecule has 2 heterocycles. The van der Waals surface area contributed by atoms with E-state index in [4.69, 9.17) is 5.11 Å². The van der Waals surface area contributed by atoms with Crippen LogP contribution in [0.4, 0.5) is 0 Å². The normalized spacial score (nSPS) is 25.3. The minimum Gasteiger partial charge on any atom is -0.481 e. The van der Waals surface area contributed by atoms with Gasteiger partial charge in [0.05, 0.1) is 5.92 Å². The van der Waals surface area contributed by atoms with Crippen molar-refractivity contribution in [3.63, 3.8) is 0 Å². The van der Waals surface area contributed by atoms with E-state index in [0.717, 1.165) is 32.7 Å². The van der Waals surface area contributed by atoms with E-state index in [1.54, 1.807) is 0 Å². The zero-order valence-electron chi connectivity index (χ0n) is 11.7. The summed E-state index contributed by atoms with van der Waals surface area (Å²) in [6.07, 6.45) is 2.42. The molecule has 1 unspecified atom stereocenters. The topological polar surface area (TPSA) is 43.8 Å². The predicted molar refractivity (Wildman–Crippen MR) is 77.4 cm³/mol. The third-order valence-electron chi connectivity index (χ3n) is 4.51. The summed E-state index contributed by atoms with van der Waals surface area (Å²) in [5.41, 5.74) is 1.36. The Kier molecular flexibility index (Phi) is 4.03. The maximum absolute atomic E-state index is 10.9. The molecular weight excluding hydrogens is 252 g/mol. The lowest BCUT2D eigenvalue weighted by atomic mass is 9.94. The number of nitrogens with zero attached hydrogens (tertiary/aromatic N) is 2. The smallest absolute Gasteiger partial charge is 0.309 e. The highest BCUT2D eigenvalue weighted by atomic mass is 16.4. The van der Waals surface area contributed by atoms with Crippen LogP contribution in [-0.4, -0.2) is 53.1 Å². The zero-order chi connectivity index (χ0) is 13.9. The lowest BCUT2D eigenvalue weighted by Gasteiger charge is -2.46. The lowest BCUT2D eigenvalue weighted by molar-refractivity contribution is -0.149. The van der Waals surface area contributed by atoms with Crippen molar-refractivity contribution in [2.45, 2.75) is 25.4 Å². The molecule has 0 spiro atoms. The summed E-state index contributed by atoms with van der Waals surface area (Å²) >= 11 is 0. The van der Waals surface area contributed by atoms with Crippen LogP contribution in [-0.2, 0) is 11.3 Å². The molecule has 0 amide bonds. The van der Waals surface area contributed by atoms with Crippen LogP contribution in [0.25, 0.3) is 0 Å². The Morgan fingerprint density at radius 1 is 1.20 bits per heavy atom. The van der Waals surface area contributed by atoms with Crippen molar-refractivity contribution in [2.75, 3.05) is 26.2 Å². The van der Waals surface area contributed by atoms with E-state index < -0.39 is 5.97 Å². The fraction of sp³-hybridized carbons (Fsp3) is 0.562. The molecule has 1 atom stereocenters. The van der Waals surface area contributed by atoms with Gasteiger partial charge < -0.3 is 5.11 Å². The number of hydrogen-bond donors (Lipinski definition) is 1. The van der Waals surface area contributed by atoms with Gasteiger partial charge in [-0.25, -0.2) is 0 Å². The molecule has 20 heavy (non-hydrogen) atoms. The highest BCUT2D eigenvalue weighted by molar-refractivity contribution is 5.71. The number of carbonyl (C=O) groups is 1. The quantitative estimate of drug-likeness (QED) is 0.907. The van der Waals surface area contributed by atoms with E-state index in [-0.39, 0.29) is 5.92 Å². The summed E-state index contributed by atoms with van der Waals surface area (Å²) in [4.78, 5) is 15.7. The molecule has 0 bridgehead atoms. The third-order valence-corrected chi connectivity index (χ3v) is 4.51. The number of rotatable bonds is 4. The van der Waals surface area contributed by atoms with Gasteiger partial charge in [-0.15, -0.1) is 0 Å². The van der Waals surface area contributed by atoms with Gasteiger partial charge in [0.2, 0.25) is 0 Å². The van der Waals surface area contributed by atoms with Crippen LogP contribution in [0.5, 0.6) is 0 Å². The fourth-order valence-electron chi connectivity index (χ4n) is 3.28. The second kappa shape index (κ2) is 5.94. The number of likely N-dealkylation sites (tertiary alicyclic amines) is 2. The van der Waals surface area contributed by atoms with E-state index in [9.17, 15) is 4.79 Å². The summed E-state index contributed by atoms with van der Waals surface area (Å²) in [6, 6.07) is 11.1. The molecular formula is C16H22N2O2. The Labute approximate surface area is 120 Å². The number of carboxylic acid groups (broad SMARTS) is 1. The Morgan fingerprint density at radius 3 is 2.65 bits per heavy atom. The Balaban J connectivity index is 1.51. The van der Waals surface area contributed by atoms with E-state index in [1.807, 2.05) is 0 Å². The average molecular weight is 274 g/mol. The number of carboxylic acids is 1. The summed E-state index contributed by atoms with van der Waals surface area (Å²) in [5.74, 6) is -0.780. The minimum absolute atomic E-state index is 0.139. The molecule has 0 aliphatic carbocycles. The van der Waals surface area contributed by atoms with E-state index in [2.05, 4.69) is 40.1 Å². The molecule has 2 fully saturated rings. The third kappa shape index (κ3) is 3.02. The predicted octanol–water partition coefficient (Wildman–Crippen LogP) is 1.67. The molecule has 0 aromatic heterocycles. The van der Waals surface area contributed by atoms with Crippen molar-refractivity contribution >= 4 is 5.97 Å². The van der Waals surface area contributed by atoms with E-state index in [0.29, 0.717) is 6.04 Å². The molecule has 2 aliphatic heterocycles. The molecule has 2 aliphatic rings. The SMILES string of the molecule is O=C(O)C1CN(C2CCCN(Cc3ccccc3)C2)C1. The molecule has 4 heteroatoms. The molecule has 0 saturated carbocycles. The van der Waals surface area contributed by atoms with E-state index >= 15 is 0 Å². The number of piperidine rings is 1. The van der Waals surface area contributed by atoms with Crippen molar-refractivity contribution in [3.8, 4) is 0 Å². The van der Waals surface area contributed by atoms with Crippen molar-refractivity contribution in [1.29, 1.82) is 0 Å². The van der Waals surface area contributed by atoms with Crippen LogP contribution < -0.4 is 0 Å². The molecule has 108 valence electrons. The first-order chi connectivity index (χ1) is 9.72. The monoisotopic (exact) mass is 274 g/mol. The van der Waals surface area contributed by atoms with Crippen LogP contribution in [0.3, 0.4) is 0 Å². The molecule has 2 saturated heterocycles. The second-order valence-electron chi connectivity index (χ2n) is 6.01. The molecule has 1 N–H and O–H groups in total. The molecule has 1 aromatic carbocycles. The van der Waals surface area contributed by atoms with Crippen LogP contribution in [0, 0.1) is 5.92 Å². The molecule has 1 aromatic rings. The number of aliphatic carboxylic acids is 1. The summed E-state index contributed by atoms with van der Waals surface area (Å²) in [6.45, 7) is 4.70. The molecule has 4 nitrogen and oxygen atoms in total. The van der Waals surface area contributed by atoms with Gasteiger partial charge in [-0.3, -0.25) is 14.6 Å². The maximum atomic E-state index is 10.9. The van der Waals surface area contributed by atoms with Gasteiger partial charge in [-0.2, -0.15) is 0 Å². The first-order valence-electron chi connectivity index (χ1n) is 7.45. The van der Waals surface area contributed by atoms with Crippen LogP contribution in [0.2, 0.25) is 0 Å².